The van der Waals surface area contributed by atoms with Crippen molar-refractivity contribution in [2.45, 2.75) is 31.8 Å². The number of esters is 1. The maximum Gasteiger partial charge on any atom is 0.338 e. The summed E-state index contributed by atoms with van der Waals surface area (Å²) in [6, 6.07) is 7.53. The molecule has 1 aliphatic heterocycles. The van der Waals surface area contributed by atoms with Gasteiger partial charge in [-0.1, -0.05) is 32.0 Å². The number of ether oxygens (including phenoxy) is 2. The molecule has 0 aliphatic carbocycles. The lowest BCUT2D eigenvalue weighted by Crippen LogP contribution is -2.51. The van der Waals surface area contributed by atoms with Crippen LogP contribution in [0.5, 0.6) is 5.75 Å². The van der Waals surface area contributed by atoms with Gasteiger partial charge in [0.25, 0.3) is 0 Å². The van der Waals surface area contributed by atoms with Crippen molar-refractivity contribution in [3.63, 3.8) is 0 Å². The molecule has 0 saturated heterocycles. The largest absolute Gasteiger partial charge is 0.493 e. The van der Waals surface area contributed by atoms with Crippen LogP contribution in [0.1, 0.15) is 31.7 Å². The van der Waals surface area contributed by atoms with E-state index in [1.807, 2.05) is 38.1 Å². The zero-order valence-electron chi connectivity index (χ0n) is 11.6. The van der Waals surface area contributed by atoms with Crippen LogP contribution in [0.15, 0.2) is 24.3 Å². The summed E-state index contributed by atoms with van der Waals surface area (Å²) in [6.07, 6.45) is 0.598. The van der Waals surface area contributed by atoms with E-state index in [2.05, 4.69) is 0 Å². The summed E-state index contributed by atoms with van der Waals surface area (Å²) in [5, 5.41) is 10.9. The van der Waals surface area contributed by atoms with Crippen molar-refractivity contribution in [2.24, 2.45) is 5.92 Å². The van der Waals surface area contributed by atoms with E-state index < -0.39 is 11.6 Å². The van der Waals surface area contributed by atoms with E-state index in [0.717, 1.165) is 11.3 Å². The number of rotatable bonds is 3. The SMILES string of the molecule is COC(=O)C(O)(C(C)C)C1CCOc2ccccc21. The van der Waals surface area contributed by atoms with Gasteiger partial charge in [0.2, 0.25) is 0 Å². The first-order chi connectivity index (χ1) is 9.01. The Hall–Kier alpha value is -1.55. The molecule has 0 radical (unpaired) electrons. The first-order valence-electron chi connectivity index (χ1n) is 6.54. The van der Waals surface area contributed by atoms with Crippen LogP contribution < -0.4 is 4.74 Å². The third-order valence-electron chi connectivity index (χ3n) is 3.88. The van der Waals surface area contributed by atoms with Crippen LogP contribution in [-0.2, 0) is 9.53 Å². The molecule has 2 unspecified atom stereocenters. The fourth-order valence-electron chi connectivity index (χ4n) is 2.74. The van der Waals surface area contributed by atoms with Crippen molar-refractivity contribution in [3.8, 4) is 5.75 Å². The number of hydrogen-bond donors (Lipinski definition) is 1. The van der Waals surface area contributed by atoms with E-state index in [9.17, 15) is 9.90 Å². The molecule has 1 heterocycles. The second-order valence-corrected chi connectivity index (χ2v) is 5.20. The second kappa shape index (κ2) is 5.21. The monoisotopic (exact) mass is 264 g/mol. The Balaban J connectivity index is 2.48. The average molecular weight is 264 g/mol. The predicted octanol–water partition coefficient (Wildman–Crippen LogP) is 2.11. The van der Waals surface area contributed by atoms with Gasteiger partial charge < -0.3 is 14.6 Å². The summed E-state index contributed by atoms with van der Waals surface area (Å²) in [5.41, 5.74) is -0.649. The number of benzene rings is 1. The van der Waals surface area contributed by atoms with Crippen molar-refractivity contribution in [2.75, 3.05) is 13.7 Å². The molecule has 1 aromatic carbocycles. The van der Waals surface area contributed by atoms with Gasteiger partial charge in [0.05, 0.1) is 13.7 Å². The number of carbonyl (C=O) groups excluding carboxylic acids is 1. The Bertz CT molecular complexity index is 469. The summed E-state index contributed by atoms with van der Waals surface area (Å²) in [4.78, 5) is 12.1. The lowest BCUT2D eigenvalue weighted by molar-refractivity contribution is -0.171. The van der Waals surface area contributed by atoms with Gasteiger partial charge in [-0.05, 0) is 18.4 Å². The molecule has 0 spiro atoms. The van der Waals surface area contributed by atoms with E-state index in [1.54, 1.807) is 0 Å². The first kappa shape index (κ1) is 13.9. The highest BCUT2D eigenvalue weighted by molar-refractivity contribution is 5.81. The van der Waals surface area contributed by atoms with Gasteiger partial charge in [-0.15, -0.1) is 0 Å². The number of hydrogen-bond acceptors (Lipinski definition) is 4. The van der Waals surface area contributed by atoms with Crippen LogP contribution in [0.25, 0.3) is 0 Å². The van der Waals surface area contributed by atoms with Gasteiger partial charge in [0, 0.05) is 11.5 Å². The summed E-state index contributed by atoms with van der Waals surface area (Å²) in [5.74, 6) is -0.382. The Morgan fingerprint density at radius 1 is 1.47 bits per heavy atom. The number of para-hydroxylation sites is 1. The van der Waals surface area contributed by atoms with Crippen LogP contribution in [0.4, 0.5) is 0 Å². The molecule has 0 bridgehead atoms. The number of fused-ring (bicyclic) bond motifs is 1. The lowest BCUT2D eigenvalue weighted by Gasteiger charge is -2.39. The molecule has 4 heteroatoms. The summed E-state index contributed by atoms with van der Waals surface area (Å²) < 4.78 is 10.4. The Morgan fingerprint density at radius 3 is 2.79 bits per heavy atom. The molecular weight excluding hydrogens is 244 g/mol. The molecule has 2 atom stereocenters. The highest BCUT2D eigenvalue weighted by Gasteiger charge is 2.49. The molecule has 104 valence electrons. The van der Waals surface area contributed by atoms with Crippen LogP contribution in [-0.4, -0.2) is 30.4 Å². The fraction of sp³-hybridized carbons (Fsp3) is 0.533. The van der Waals surface area contributed by atoms with E-state index in [0.29, 0.717) is 13.0 Å². The standard InChI is InChI=1S/C15H20O4/c1-10(2)15(17,14(16)18-3)12-8-9-19-13-7-5-4-6-11(12)13/h4-7,10,12,17H,8-9H2,1-3H3. The number of methoxy groups -OCH3 is 1. The minimum atomic E-state index is -1.52. The average Bonchev–Trinajstić information content (AvgIpc) is 2.44. The molecular formula is C15H20O4. The molecule has 1 aromatic rings. The molecule has 4 nitrogen and oxygen atoms in total. The Morgan fingerprint density at radius 2 is 2.16 bits per heavy atom. The first-order valence-corrected chi connectivity index (χ1v) is 6.54. The summed E-state index contributed by atoms with van der Waals surface area (Å²) >= 11 is 0. The molecule has 0 saturated carbocycles. The minimum Gasteiger partial charge on any atom is -0.493 e. The third-order valence-corrected chi connectivity index (χ3v) is 3.88. The van der Waals surface area contributed by atoms with Crippen molar-refractivity contribution in [1.29, 1.82) is 0 Å². The van der Waals surface area contributed by atoms with Crippen LogP contribution >= 0.6 is 0 Å². The minimum absolute atomic E-state index is 0.240. The van der Waals surface area contributed by atoms with Crippen LogP contribution in [0, 0.1) is 5.92 Å². The predicted molar refractivity (Wildman–Crippen MR) is 71.1 cm³/mol. The van der Waals surface area contributed by atoms with E-state index in [4.69, 9.17) is 9.47 Å². The van der Waals surface area contributed by atoms with E-state index in [1.165, 1.54) is 7.11 Å². The summed E-state index contributed by atoms with van der Waals surface area (Å²) in [7, 11) is 1.31. The lowest BCUT2D eigenvalue weighted by atomic mass is 9.72. The van der Waals surface area contributed by atoms with Gasteiger partial charge in [0.1, 0.15) is 5.75 Å². The van der Waals surface area contributed by atoms with E-state index in [-0.39, 0.29) is 11.8 Å². The van der Waals surface area contributed by atoms with Gasteiger partial charge >= 0.3 is 5.97 Å². The topological polar surface area (TPSA) is 55.8 Å². The smallest absolute Gasteiger partial charge is 0.338 e. The van der Waals surface area contributed by atoms with Crippen LogP contribution in [0.2, 0.25) is 0 Å². The summed E-state index contributed by atoms with van der Waals surface area (Å²) in [6.45, 7) is 4.15. The maximum absolute atomic E-state index is 12.1. The second-order valence-electron chi connectivity index (χ2n) is 5.20. The maximum atomic E-state index is 12.1. The number of carbonyl (C=O) groups is 1. The molecule has 0 aromatic heterocycles. The molecule has 2 rings (SSSR count). The quantitative estimate of drug-likeness (QED) is 0.850. The molecule has 1 N–H and O–H groups in total. The Kier molecular flexibility index (Phi) is 3.80. The molecule has 1 aliphatic rings. The zero-order valence-corrected chi connectivity index (χ0v) is 11.6. The van der Waals surface area contributed by atoms with Crippen LogP contribution in [0.3, 0.4) is 0 Å². The van der Waals surface area contributed by atoms with Gasteiger partial charge in [-0.3, -0.25) is 0 Å². The van der Waals surface area contributed by atoms with E-state index >= 15 is 0 Å². The number of aliphatic hydroxyl groups is 1. The molecule has 19 heavy (non-hydrogen) atoms. The van der Waals surface area contributed by atoms with Gasteiger partial charge in [-0.25, -0.2) is 4.79 Å². The normalized spacial score (nSPS) is 21.2. The van der Waals surface area contributed by atoms with Crippen molar-refractivity contribution < 1.29 is 19.4 Å². The van der Waals surface area contributed by atoms with Crippen molar-refractivity contribution in [3.05, 3.63) is 29.8 Å². The van der Waals surface area contributed by atoms with Gasteiger partial charge in [0.15, 0.2) is 5.60 Å². The Labute approximate surface area is 113 Å². The third kappa shape index (κ3) is 2.21. The highest BCUT2D eigenvalue weighted by Crippen LogP contribution is 2.43. The molecule has 0 fully saturated rings. The molecule has 0 amide bonds. The van der Waals surface area contributed by atoms with Crippen molar-refractivity contribution in [1.82, 2.24) is 0 Å². The highest BCUT2D eigenvalue weighted by atomic mass is 16.5. The van der Waals surface area contributed by atoms with Crippen molar-refractivity contribution >= 4 is 5.97 Å². The zero-order chi connectivity index (χ0) is 14.0. The van der Waals surface area contributed by atoms with Gasteiger partial charge in [-0.2, -0.15) is 0 Å². The fourth-order valence-corrected chi connectivity index (χ4v) is 2.74.